The van der Waals surface area contributed by atoms with Crippen LogP contribution < -0.4 is 0 Å². The third-order valence-electron chi connectivity index (χ3n) is 3.67. The highest BCUT2D eigenvalue weighted by Crippen LogP contribution is 2.37. The molecule has 0 aliphatic heterocycles. The Balaban J connectivity index is 2.12. The Labute approximate surface area is 160 Å². The van der Waals surface area contributed by atoms with Crippen LogP contribution in [0.1, 0.15) is 38.8 Å². The van der Waals surface area contributed by atoms with Gasteiger partial charge in [0.15, 0.2) is 0 Å². The molecule has 25 heavy (non-hydrogen) atoms. The van der Waals surface area contributed by atoms with E-state index >= 15 is 0 Å². The van der Waals surface area contributed by atoms with Crippen LogP contribution in [-0.4, -0.2) is 15.5 Å². The van der Waals surface area contributed by atoms with Gasteiger partial charge >= 0.3 is 0 Å². The van der Waals surface area contributed by atoms with Gasteiger partial charge in [0.1, 0.15) is 16.1 Å². The third kappa shape index (κ3) is 3.86. The van der Waals surface area contributed by atoms with Gasteiger partial charge in [-0.05, 0) is 58.0 Å². The van der Waals surface area contributed by atoms with Gasteiger partial charge < -0.3 is 4.55 Å². The zero-order valence-electron chi connectivity index (χ0n) is 14.5. The van der Waals surface area contributed by atoms with E-state index in [0.717, 1.165) is 26.6 Å². The highest BCUT2D eigenvalue weighted by atomic mass is 35.5. The van der Waals surface area contributed by atoms with Gasteiger partial charge in [0.05, 0.1) is 11.2 Å². The van der Waals surface area contributed by atoms with Crippen LogP contribution in [0.3, 0.4) is 0 Å². The molecule has 5 heteroatoms. The van der Waals surface area contributed by atoms with E-state index in [1.165, 1.54) is 4.70 Å². The van der Waals surface area contributed by atoms with E-state index in [0.29, 0.717) is 5.02 Å². The summed E-state index contributed by atoms with van der Waals surface area (Å²) in [7, 11) is 0. The van der Waals surface area contributed by atoms with Gasteiger partial charge in [-0.2, -0.15) is 0 Å². The summed E-state index contributed by atoms with van der Waals surface area (Å²) in [6.45, 7) is 7.52. The predicted octanol–water partition coefficient (Wildman–Crippen LogP) is 5.96. The van der Waals surface area contributed by atoms with E-state index < -0.39 is 16.1 Å². The largest absolute Gasteiger partial charge is 0.591 e. The summed E-state index contributed by atoms with van der Waals surface area (Å²) in [6, 6.07) is 10.2. The first-order valence-electron chi connectivity index (χ1n) is 7.84. The molecule has 0 N–H and O–H groups in total. The van der Waals surface area contributed by atoms with Crippen molar-refractivity contribution in [2.24, 2.45) is 4.40 Å². The molecule has 3 aromatic rings. The highest BCUT2D eigenvalue weighted by Gasteiger charge is 2.26. The Bertz CT molecular complexity index is 1030. The van der Waals surface area contributed by atoms with Crippen molar-refractivity contribution < 1.29 is 4.55 Å². The lowest BCUT2D eigenvalue weighted by Gasteiger charge is -2.17. The second-order valence-corrected chi connectivity index (χ2v) is 10.1. The number of benzene rings is 2. The normalized spacial score (nSPS) is 13.4. The van der Waals surface area contributed by atoms with Gasteiger partial charge in [0.25, 0.3) is 0 Å². The minimum absolute atomic E-state index is 0.393. The van der Waals surface area contributed by atoms with Gasteiger partial charge in [-0.15, -0.1) is 17.3 Å². The predicted molar refractivity (Wildman–Crippen MR) is 112 cm³/mol. The van der Waals surface area contributed by atoms with E-state index in [9.17, 15) is 4.55 Å². The minimum atomic E-state index is -1.31. The fourth-order valence-corrected chi connectivity index (χ4v) is 4.31. The van der Waals surface area contributed by atoms with E-state index in [4.69, 9.17) is 11.6 Å². The maximum atomic E-state index is 12.1. The summed E-state index contributed by atoms with van der Waals surface area (Å²) in [5.74, 6) is 6.03. The van der Waals surface area contributed by atoms with Crippen LogP contribution in [0.15, 0.2) is 34.7 Å². The first kappa shape index (κ1) is 18.3. The van der Waals surface area contributed by atoms with Crippen molar-refractivity contribution in [3.8, 4) is 11.8 Å². The number of thiophene rings is 1. The molecule has 0 aliphatic carbocycles. The molecule has 0 aliphatic rings. The Kier molecular flexibility index (Phi) is 5.13. The van der Waals surface area contributed by atoms with Crippen LogP contribution in [0, 0.1) is 11.8 Å². The van der Waals surface area contributed by atoms with Crippen LogP contribution in [-0.2, 0) is 11.4 Å². The summed E-state index contributed by atoms with van der Waals surface area (Å²) in [4.78, 5) is 0. The molecule has 2 nitrogen and oxygen atoms in total. The highest BCUT2D eigenvalue weighted by molar-refractivity contribution is 7.91. The molecule has 0 amide bonds. The molecular weight excluding hydrogens is 370 g/mol. The number of hydrogen-bond donors (Lipinski definition) is 0. The Morgan fingerprint density at radius 2 is 1.88 bits per heavy atom. The summed E-state index contributed by atoms with van der Waals surface area (Å²) >= 11 is 6.80. The summed E-state index contributed by atoms with van der Waals surface area (Å²) in [5.41, 5.74) is 1.77. The van der Waals surface area contributed by atoms with E-state index in [1.54, 1.807) is 17.6 Å². The Morgan fingerprint density at radius 1 is 1.16 bits per heavy atom. The average Bonchev–Trinajstić information content (AvgIpc) is 2.88. The lowest BCUT2D eigenvalue weighted by molar-refractivity contribution is 0.562. The van der Waals surface area contributed by atoms with Crippen molar-refractivity contribution in [2.45, 2.75) is 32.4 Å². The SMILES string of the molecule is CC#Cc1ccc2sc3cc(Cl)c(/C=N/[S@+]([O-])C(C)(C)C)cc3c2c1. The second kappa shape index (κ2) is 7.01. The quantitative estimate of drug-likeness (QED) is 0.303. The molecule has 0 radical (unpaired) electrons. The van der Waals surface area contributed by atoms with Gasteiger partial charge in [0, 0.05) is 31.3 Å². The van der Waals surface area contributed by atoms with Crippen molar-refractivity contribution in [3.63, 3.8) is 0 Å². The Morgan fingerprint density at radius 3 is 2.56 bits per heavy atom. The molecule has 1 heterocycles. The molecule has 0 saturated carbocycles. The molecule has 3 rings (SSSR count). The van der Waals surface area contributed by atoms with Crippen molar-refractivity contribution in [3.05, 3.63) is 46.5 Å². The number of hydrogen-bond acceptors (Lipinski definition) is 3. The number of fused-ring (bicyclic) bond motifs is 3. The maximum absolute atomic E-state index is 12.1. The van der Waals surface area contributed by atoms with Crippen molar-refractivity contribution in [1.29, 1.82) is 0 Å². The van der Waals surface area contributed by atoms with Gasteiger partial charge in [0.2, 0.25) is 0 Å². The second-order valence-electron chi connectivity index (χ2n) is 6.65. The monoisotopic (exact) mass is 387 g/mol. The summed E-state index contributed by atoms with van der Waals surface area (Å²) < 4.78 is 18.3. The van der Waals surface area contributed by atoms with E-state index in [1.807, 2.05) is 45.9 Å². The van der Waals surface area contributed by atoms with Crippen LogP contribution in [0.2, 0.25) is 5.02 Å². The first-order chi connectivity index (χ1) is 11.8. The van der Waals surface area contributed by atoms with Crippen LogP contribution >= 0.6 is 22.9 Å². The molecule has 0 spiro atoms. The molecule has 1 aromatic heterocycles. The van der Waals surface area contributed by atoms with Crippen molar-refractivity contribution in [1.82, 2.24) is 0 Å². The number of rotatable bonds is 2. The zero-order valence-corrected chi connectivity index (χ0v) is 16.9. The summed E-state index contributed by atoms with van der Waals surface area (Å²) in [5, 5.41) is 2.89. The van der Waals surface area contributed by atoms with E-state index in [-0.39, 0.29) is 0 Å². The molecule has 0 fully saturated rings. The average molecular weight is 388 g/mol. The fourth-order valence-electron chi connectivity index (χ4n) is 2.40. The van der Waals surface area contributed by atoms with Crippen molar-refractivity contribution >= 4 is 60.7 Å². The summed E-state index contributed by atoms with van der Waals surface area (Å²) in [6.07, 6.45) is 1.61. The van der Waals surface area contributed by atoms with Crippen LogP contribution in [0.25, 0.3) is 20.2 Å². The standard InChI is InChI=1S/C20H18ClNOS2/c1-5-6-13-7-8-18-15(9-13)16-10-14(17(21)11-19(16)24-18)12-22-25(23)20(2,3)4/h7-12H,1-4H3/b22-12+/t25-/m1/s1. The number of halogens is 1. The topological polar surface area (TPSA) is 35.4 Å². The number of nitrogens with zero attached hydrogens (tertiary/aromatic N) is 1. The molecular formula is C20H18ClNOS2. The van der Waals surface area contributed by atoms with Gasteiger partial charge in [-0.1, -0.05) is 21.9 Å². The molecule has 0 unspecified atom stereocenters. The molecule has 0 saturated heterocycles. The fraction of sp³-hybridized carbons (Fsp3) is 0.250. The Hall–Kier alpha value is -1.51. The van der Waals surface area contributed by atoms with Crippen LogP contribution in [0.5, 0.6) is 0 Å². The van der Waals surface area contributed by atoms with Crippen molar-refractivity contribution in [2.75, 3.05) is 0 Å². The smallest absolute Gasteiger partial charge is 0.144 e. The first-order valence-corrected chi connectivity index (χ1v) is 10.1. The molecule has 2 aromatic carbocycles. The van der Waals surface area contributed by atoms with Gasteiger partial charge in [-0.25, -0.2) is 0 Å². The molecule has 1 atom stereocenters. The molecule has 0 bridgehead atoms. The lowest BCUT2D eigenvalue weighted by atomic mass is 10.1. The third-order valence-corrected chi connectivity index (χ3v) is 6.47. The van der Waals surface area contributed by atoms with E-state index in [2.05, 4.69) is 28.4 Å². The van der Waals surface area contributed by atoms with Crippen LogP contribution in [0.4, 0.5) is 0 Å². The lowest BCUT2D eigenvalue weighted by Crippen LogP contribution is -2.25. The minimum Gasteiger partial charge on any atom is -0.591 e. The maximum Gasteiger partial charge on any atom is 0.144 e. The zero-order chi connectivity index (χ0) is 18.2. The van der Waals surface area contributed by atoms with Gasteiger partial charge in [-0.3, -0.25) is 0 Å². The molecule has 128 valence electrons.